The van der Waals surface area contributed by atoms with Crippen LogP contribution >= 0.6 is 15.9 Å². The average Bonchev–Trinajstić information content (AvgIpc) is 2.97. The Morgan fingerprint density at radius 3 is 2.37 bits per heavy atom. The summed E-state index contributed by atoms with van der Waals surface area (Å²) in [7, 11) is -1.10. The maximum atomic E-state index is 6.03. The molecule has 1 aliphatic rings. The minimum absolute atomic E-state index is 0.486. The molecule has 0 bridgehead atoms. The van der Waals surface area contributed by atoms with Crippen molar-refractivity contribution in [3.63, 3.8) is 0 Å². The molecule has 0 amide bonds. The van der Waals surface area contributed by atoms with Crippen LogP contribution in [0.3, 0.4) is 0 Å². The Hall–Kier alpha value is -1.47. The molecule has 1 unspecified atom stereocenters. The molecular formula is C21H28BrN3OSi. The van der Waals surface area contributed by atoms with E-state index in [9.17, 15) is 0 Å². The zero-order valence-corrected chi connectivity index (χ0v) is 19.1. The van der Waals surface area contributed by atoms with Crippen LogP contribution in [0.5, 0.6) is 0 Å². The van der Waals surface area contributed by atoms with Gasteiger partial charge in [0.2, 0.25) is 0 Å². The van der Waals surface area contributed by atoms with Crippen molar-refractivity contribution in [3.8, 4) is 0 Å². The van der Waals surface area contributed by atoms with Crippen LogP contribution in [-0.2, 0) is 10.4 Å². The number of halogens is 1. The van der Waals surface area contributed by atoms with Crippen molar-refractivity contribution < 1.29 is 4.74 Å². The molecule has 0 saturated heterocycles. The molecule has 0 aromatic heterocycles. The van der Waals surface area contributed by atoms with Gasteiger partial charge in [-0.05, 0) is 30.7 Å². The number of rotatable bonds is 7. The van der Waals surface area contributed by atoms with Crippen molar-refractivity contribution >= 4 is 29.8 Å². The van der Waals surface area contributed by atoms with Crippen molar-refractivity contribution in [1.82, 2.24) is 10.4 Å². The van der Waals surface area contributed by atoms with Gasteiger partial charge in [0.25, 0.3) is 0 Å². The lowest BCUT2D eigenvalue weighted by molar-refractivity contribution is -0.0340. The Kier molecular flexibility index (Phi) is 6.20. The van der Waals surface area contributed by atoms with Gasteiger partial charge >= 0.3 is 0 Å². The van der Waals surface area contributed by atoms with Gasteiger partial charge in [-0.2, -0.15) is 5.01 Å². The van der Waals surface area contributed by atoms with Gasteiger partial charge in [0.05, 0.1) is 0 Å². The number of benzene rings is 2. The lowest BCUT2D eigenvalue weighted by atomic mass is 10.0. The van der Waals surface area contributed by atoms with Gasteiger partial charge in [0, 0.05) is 24.7 Å². The van der Waals surface area contributed by atoms with E-state index in [0.29, 0.717) is 6.73 Å². The Bertz CT molecular complexity index is 789. The maximum Gasteiger partial charge on any atom is 0.157 e. The Balaban J connectivity index is 1.81. The van der Waals surface area contributed by atoms with E-state index >= 15 is 0 Å². The van der Waals surface area contributed by atoms with Crippen molar-refractivity contribution in [2.24, 2.45) is 4.99 Å². The number of aliphatic imine (C=N–C) groups is 1. The Morgan fingerprint density at radius 1 is 1.07 bits per heavy atom. The summed E-state index contributed by atoms with van der Waals surface area (Å²) in [5.74, 6) is 0.864. The SMILES string of the molecule is CC1(c2ccccc2)N=C(c2ccc(Br)cc2)NN1COCC[Si](C)(C)C. The smallest absolute Gasteiger partial charge is 0.157 e. The summed E-state index contributed by atoms with van der Waals surface area (Å²) in [5, 5.41) is 2.09. The number of hydrazine groups is 1. The number of nitrogens with zero attached hydrogens (tertiary/aromatic N) is 2. The average molecular weight is 446 g/mol. The molecule has 2 aromatic carbocycles. The van der Waals surface area contributed by atoms with Crippen molar-refractivity contribution in [2.45, 2.75) is 38.3 Å². The fourth-order valence-electron chi connectivity index (χ4n) is 2.94. The van der Waals surface area contributed by atoms with E-state index in [-0.39, 0.29) is 0 Å². The van der Waals surface area contributed by atoms with Crippen LogP contribution in [-0.4, -0.2) is 32.3 Å². The predicted octanol–water partition coefficient (Wildman–Crippen LogP) is 5.20. The van der Waals surface area contributed by atoms with E-state index < -0.39 is 13.7 Å². The molecular weight excluding hydrogens is 418 g/mol. The van der Waals surface area contributed by atoms with E-state index in [2.05, 4.69) is 89.3 Å². The van der Waals surface area contributed by atoms with Gasteiger partial charge in [-0.1, -0.05) is 78.0 Å². The zero-order chi connectivity index (χ0) is 19.5. The van der Waals surface area contributed by atoms with Crippen LogP contribution in [0, 0.1) is 0 Å². The van der Waals surface area contributed by atoms with Gasteiger partial charge in [-0.15, -0.1) is 0 Å². The van der Waals surface area contributed by atoms with Crippen molar-refractivity contribution in [3.05, 3.63) is 70.2 Å². The van der Waals surface area contributed by atoms with Gasteiger partial charge in [-0.25, -0.2) is 4.99 Å². The number of hydrogen-bond acceptors (Lipinski definition) is 4. The number of nitrogens with one attached hydrogen (secondary N) is 1. The van der Waals surface area contributed by atoms with Crippen molar-refractivity contribution in [1.29, 1.82) is 0 Å². The Labute approximate surface area is 171 Å². The molecule has 1 heterocycles. The number of amidine groups is 1. The van der Waals surface area contributed by atoms with Crippen molar-refractivity contribution in [2.75, 3.05) is 13.3 Å². The summed E-state index contributed by atoms with van der Waals surface area (Å²) >= 11 is 3.50. The lowest BCUT2D eigenvalue weighted by Gasteiger charge is -2.32. The summed E-state index contributed by atoms with van der Waals surface area (Å²) in [6, 6.07) is 19.7. The quantitative estimate of drug-likeness (QED) is 0.469. The normalized spacial score (nSPS) is 20.4. The third kappa shape index (κ3) is 5.07. The van der Waals surface area contributed by atoms with Gasteiger partial charge in [-0.3, -0.25) is 5.43 Å². The highest BCUT2D eigenvalue weighted by Crippen LogP contribution is 2.33. The molecule has 0 saturated carbocycles. The molecule has 0 radical (unpaired) electrons. The second-order valence-electron chi connectivity index (χ2n) is 8.24. The van der Waals surface area contributed by atoms with E-state index in [1.807, 2.05) is 18.2 Å². The molecule has 27 heavy (non-hydrogen) atoms. The standard InChI is InChI=1S/C21H28BrN3OSi/c1-21(18-8-6-5-7-9-18)23-20(17-10-12-19(22)13-11-17)24-25(21)16-26-14-15-27(2,3)4/h5-13H,14-16H2,1-4H3,(H,23,24). The minimum Gasteiger partial charge on any atom is -0.365 e. The summed E-state index contributed by atoms with van der Waals surface area (Å²) in [6.45, 7) is 10.5. The van der Waals surface area contributed by atoms with Crippen LogP contribution in [0.1, 0.15) is 18.1 Å². The first-order valence-corrected chi connectivity index (χ1v) is 13.8. The number of ether oxygens (including phenoxy) is 1. The summed E-state index contributed by atoms with van der Waals surface area (Å²) in [6.07, 6.45) is 0. The third-order valence-corrected chi connectivity index (χ3v) is 6.98. The third-order valence-electron chi connectivity index (χ3n) is 4.75. The molecule has 0 fully saturated rings. The maximum absolute atomic E-state index is 6.03. The van der Waals surface area contributed by atoms with Gasteiger partial charge < -0.3 is 4.74 Å². The molecule has 3 rings (SSSR count). The molecule has 0 aliphatic carbocycles. The molecule has 6 heteroatoms. The molecule has 144 valence electrons. The molecule has 1 atom stereocenters. The van der Waals surface area contributed by atoms with E-state index in [0.717, 1.165) is 34.1 Å². The fraction of sp³-hybridized carbons (Fsp3) is 0.381. The first-order valence-electron chi connectivity index (χ1n) is 9.31. The second-order valence-corrected chi connectivity index (χ2v) is 14.8. The predicted molar refractivity (Wildman–Crippen MR) is 118 cm³/mol. The van der Waals surface area contributed by atoms with Crippen LogP contribution in [0.4, 0.5) is 0 Å². The highest BCUT2D eigenvalue weighted by molar-refractivity contribution is 9.10. The van der Waals surface area contributed by atoms with Gasteiger partial charge in [0.15, 0.2) is 5.66 Å². The van der Waals surface area contributed by atoms with Crippen LogP contribution in [0.25, 0.3) is 0 Å². The van der Waals surface area contributed by atoms with Crippen LogP contribution < -0.4 is 5.43 Å². The Morgan fingerprint density at radius 2 is 1.74 bits per heavy atom. The molecule has 4 nitrogen and oxygen atoms in total. The number of hydrogen-bond donors (Lipinski definition) is 1. The van der Waals surface area contributed by atoms with E-state index in [4.69, 9.17) is 9.73 Å². The molecule has 0 spiro atoms. The lowest BCUT2D eigenvalue weighted by Crippen LogP contribution is -2.47. The van der Waals surface area contributed by atoms with Crippen LogP contribution in [0.2, 0.25) is 25.7 Å². The minimum atomic E-state index is -1.10. The monoisotopic (exact) mass is 445 g/mol. The summed E-state index contributed by atoms with van der Waals surface area (Å²) in [4.78, 5) is 5.04. The van der Waals surface area contributed by atoms with E-state index in [1.54, 1.807) is 0 Å². The topological polar surface area (TPSA) is 36.9 Å². The first kappa shape index (κ1) is 20.3. The first-order chi connectivity index (χ1) is 12.8. The highest BCUT2D eigenvalue weighted by atomic mass is 79.9. The fourth-order valence-corrected chi connectivity index (χ4v) is 3.96. The van der Waals surface area contributed by atoms with E-state index in [1.165, 1.54) is 0 Å². The highest BCUT2D eigenvalue weighted by Gasteiger charge is 2.40. The largest absolute Gasteiger partial charge is 0.365 e. The zero-order valence-electron chi connectivity index (χ0n) is 16.5. The second kappa shape index (κ2) is 8.27. The molecule has 2 aromatic rings. The summed E-state index contributed by atoms with van der Waals surface area (Å²) in [5.41, 5.74) is 5.15. The van der Waals surface area contributed by atoms with Gasteiger partial charge in [0.1, 0.15) is 12.6 Å². The molecule has 1 N–H and O–H groups in total. The molecule has 1 aliphatic heterocycles. The summed E-state index contributed by atoms with van der Waals surface area (Å²) < 4.78 is 7.09. The van der Waals surface area contributed by atoms with Crippen LogP contribution in [0.15, 0.2) is 64.1 Å².